The summed E-state index contributed by atoms with van der Waals surface area (Å²) in [5.74, 6) is 1.30. The van der Waals surface area contributed by atoms with E-state index in [2.05, 4.69) is 6.92 Å². The van der Waals surface area contributed by atoms with E-state index >= 15 is 0 Å². The smallest absolute Gasteiger partial charge is 0.292 e. The van der Waals surface area contributed by atoms with Crippen LogP contribution in [0.2, 0.25) is 0 Å². The van der Waals surface area contributed by atoms with Gasteiger partial charge in [-0.2, -0.15) is 0 Å². The SMILES string of the molecule is COc1ccc(N2C(=O)C[C@H]([NH+]3CCC(C)CC3)C2=O)cc1. The molecule has 2 fully saturated rings. The molecule has 2 aliphatic rings. The van der Waals surface area contributed by atoms with Crippen molar-refractivity contribution in [2.45, 2.75) is 32.2 Å². The first kappa shape index (κ1) is 15.0. The first-order valence-corrected chi connectivity index (χ1v) is 7.95. The van der Waals surface area contributed by atoms with Gasteiger partial charge in [0.25, 0.3) is 5.91 Å². The van der Waals surface area contributed by atoms with Crippen LogP contribution in [-0.4, -0.2) is 38.1 Å². The fraction of sp³-hybridized carbons (Fsp3) is 0.529. The molecule has 2 saturated heterocycles. The van der Waals surface area contributed by atoms with Crippen LogP contribution in [0.1, 0.15) is 26.2 Å². The van der Waals surface area contributed by atoms with E-state index in [1.165, 1.54) is 9.80 Å². The molecule has 1 aromatic rings. The monoisotopic (exact) mass is 303 g/mol. The second-order valence-electron chi connectivity index (χ2n) is 6.36. The maximum atomic E-state index is 12.7. The van der Waals surface area contributed by atoms with Crippen molar-refractivity contribution >= 4 is 17.5 Å². The van der Waals surface area contributed by atoms with E-state index in [9.17, 15) is 9.59 Å². The van der Waals surface area contributed by atoms with Gasteiger partial charge in [-0.3, -0.25) is 9.59 Å². The molecule has 1 aromatic carbocycles. The fourth-order valence-corrected chi connectivity index (χ4v) is 3.43. The van der Waals surface area contributed by atoms with Crippen LogP contribution in [0, 0.1) is 5.92 Å². The summed E-state index contributed by atoms with van der Waals surface area (Å²) in [7, 11) is 1.60. The van der Waals surface area contributed by atoms with E-state index in [1.807, 2.05) is 0 Å². The summed E-state index contributed by atoms with van der Waals surface area (Å²) < 4.78 is 5.12. The minimum Gasteiger partial charge on any atom is -0.497 e. The Morgan fingerprint density at radius 3 is 2.36 bits per heavy atom. The number of amides is 2. The lowest BCUT2D eigenvalue weighted by molar-refractivity contribution is -0.920. The Balaban J connectivity index is 1.76. The number of rotatable bonds is 3. The van der Waals surface area contributed by atoms with E-state index in [0.29, 0.717) is 12.1 Å². The zero-order valence-corrected chi connectivity index (χ0v) is 13.2. The highest BCUT2D eigenvalue weighted by atomic mass is 16.5. The minimum atomic E-state index is -0.206. The number of likely N-dealkylation sites (tertiary alicyclic amines) is 1. The van der Waals surface area contributed by atoms with Crippen molar-refractivity contribution < 1.29 is 19.2 Å². The maximum Gasteiger partial charge on any atom is 0.292 e. The summed E-state index contributed by atoms with van der Waals surface area (Å²) >= 11 is 0. The molecule has 0 unspecified atom stereocenters. The van der Waals surface area contributed by atoms with Crippen LogP contribution in [0.4, 0.5) is 5.69 Å². The topological polar surface area (TPSA) is 51.0 Å². The number of anilines is 1. The first-order valence-electron chi connectivity index (χ1n) is 7.95. The highest BCUT2D eigenvalue weighted by Gasteiger charge is 2.46. The molecule has 3 rings (SSSR count). The van der Waals surface area contributed by atoms with Gasteiger partial charge in [0.05, 0.1) is 32.3 Å². The third-order valence-electron chi connectivity index (χ3n) is 4.89. The van der Waals surface area contributed by atoms with Gasteiger partial charge in [0, 0.05) is 0 Å². The Hall–Kier alpha value is -1.88. The molecule has 0 bridgehead atoms. The second kappa shape index (κ2) is 6.08. The summed E-state index contributed by atoms with van der Waals surface area (Å²) in [6, 6.07) is 6.88. The molecule has 1 N–H and O–H groups in total. The molecule has 2 amide bonds. The molecule has 1 atom stereocenters. The van der Waals surface area contributed by atoms with Crippen LogP contribution in [0.5, 0.6) is 5.75 Å². The molecule has 22 heavy (non-hydrogen) atoms. The molecule has 118 valence electrons. The lowest BCUT2D eigenvalue weighted by Gasteiger charge is -2.30. The standard InChI is InChI=1S/C17H22N2O3/c1-12-7-9-18(10-8-12)15-11-16(20)19(17(15)21)13-3-5-14(22-2)6-4-13/h3-6,12,15H,7-11H2,1-2H3/p+1/t15-/m0/s1. The van der Waals surface area contributed by atoms with Crippen molar-refractivity contribution in [3.63, 3.8) is 0 Å². The highest BCUT2D eigenvalue weighted by molar-refractivity contribution is 6.21. The average molecular weight is 303 g/mol. The molecule has 0 aromatic heterocycles. The van der Waals surface area contributed by atoms with Gasteiger partial charge in [0.2, 0.25) is 5.91 Å². The van der Waals surface area contributed by atoms with Crippen LogP contribution in [0.15, 0.2) is 24.3 Å². The third kappa shape index (κ3) is 2.73. The number of piperidine rings is 1. The van der Waals surface area contributed by atoms with Gasteiger partial charge < -0.3 is 9.64 Å². The number of imide groups is 1. The number of nitrogens with one attached hydrogen (secondary N) is 1. The summed E-state index contributed by atoms with van der Waals surface area (Å²) in [4.78, 5) is 27.6. The van der Waals surface area contributed by atoms with Crippen LogP contribution in [0.3, 0.4) is 0 Å². The quantitative estimate of drug-likeness (QED) is 0.834. The Morgan fingerprint density at radius 1 is 1.14 bits per heavy atom. The number of hydrogen-bond donors (Lipinski definition) is 1. The number of hydrogen-bond acceptors (Lipinski definition) is 3. The maximum absolute atomic E-state index is 12.7. The van der Waals surface area contributed by atoms with Gasteiger partial charge in [-0.25, -0.2) is 4.90 Å². The molecular formula is C17H23N2O3+. The minimum absolute atomic E-state index is 0.0558. The predicted octanol–water partition coefficient (Wildman–Crippen LogP) is 0.642. The summed E-state index contributed by atoms with van der Waals surface area (Å²) in [6.45, 7) is 4.23. The largest absolute Gasteiger partial charge is 0.497 e. The molecule has 0 radical (unpaired) electrons. The van der Waals surface area contributed by atoms with Crippen molar-refractivity contribution in [2.75, 3.05) is 25.1 Å². The van der Waals surface area contributed by atoms with Gasteiger partial charge in [-0.05, 0) is 43.0 Å². The molecule has 2 heterocycles. The summed E-state index contributed by atoms with van der Waals surface area (Å²) in [5, 5.41) is 0. The van der Waals surface area contributed by atoms with E-state index < -0.39 is 0 Å². The summed E-state index contributed by atoms with van der Waals surface area (Å²) in [5.41, 5.74) is 0.642. The van der Waals surface area contributed by atoms with Crippen LogP contribution >= 0.6 is 0 Å². The molecule has 0 aliphatic carbocycles. The van der Waals surface area contributed by atoms with Crippen molar-refractivity contribution in [3.8, 4) is 5.75 Å². The normalized spacial score (nSPS) is 29.0. The Morgan fingerprint density at radius 2 is 1.77 bits per heavy atom. The van der Waals surface area contributed by atoms with Gasteiger partial charge >= 0.3 is 0 Å². The molecule has 5 heteroatoms. The average Bonchev–Trinajstić information content (AvgIpc) is 2.83. The Labute approximate surface area is 130 Å². The number of carbonyl (C=O) groups is 2. The van der Waals surface area contributed by atoms with Crippen molar-refractivity contribution in [1.82, 2.24) is 0 Å². The lowest BCUT2D eigenvalue weighted by atomic mass is 9.97. The number of methoxy groups -OCH3 is 1. The van der Waals surface area contributed by atoms with Gasteiger partial charge in [-0.1, -0.05) is 6.92 Å². The zero-order chi connectivity index (χ0) is 15.7. The highest BCUT2D eigenvalue weighted by Crippen LogP contribution is 2.24. The fourth-order valence-electron chi connectivity index (χ4n) is 3.43. The van der Waals surface area contributed by atoms with Gasteiger partial charge in [0.15, 0.2) is 6.04 Å². The van der Waals surface area contributed by atoms with Gasteiger partial charge in [-0.15, -0.1) is 0 Å². The number of benzene rings is 1. The van der Waals surface area contributed by atoms with E-state index in [-0.39, 0.29) is 17.9 Å². The number of carbonyl (C=O) groups excluding carboxylic acids is 2. The number of ether oxygens (including phenoxy) is 1. The summed E-state index contributed by atoms with van der Waals surface area (Å²) in [6.07, 6.45) is 2.60. The molecule has 0 spiro atoms. The molecule has 2 aliphatic heterocycles. The van der Waals surface area contributed by atoms with Crippen molar-refractivity contribution in [2.24, 2.45) is 5.92 Å². The molecule has 5 nitrogen and oxygen atoms in total. The van der Waals surface area contributed by atoms with Gasteiger partial charge in [0.1, 0.15) is 5.75 Å². The van der Waals surface area contributed by atoms with Crippen LogP contribution in [-0.2, 0) is 9.59 Å². The zero-order valence-electron chi connectivity index (χ0n) is 13.2. The van der Waals surface area contributed by atoms with E-state index in [0.717, 1.165) is 37.6 Å². The van der Waals surface area contributed by atoms with Crippen LogP contribution in [0.25, 0.3) is 0 Å². The Kier molecular flexibility index (Phi) is 4.16. The van der Waals surface area contributed by atoms with Crippen molar-refractivity contribution in [3.05, 3.63) is 24.3 Å². The van der Waals surface area contributed by atoms with E-state index in [4.69, 9.17) is 4.74 Å². The van der Waals surface area contributed by atoms with Crippen molar-refractivity contribution in [1.29, 1.82) is 0 Å². The first-order chi connectivity index (χ1) is 10.6. The molecule has 0 saturated carbocycles. The predicted molar refractivity (Wildman–Crippen MR) is 83.0 cm³/mol. The van der Waals surface area contributed by atoms with E-state index in [1.54, 1.807) is 31.4 Å². The molecular weight excluding hydrogens is 280 g/mol. The number of nitrogens with zero attached hydrogens (tertiary/aromatic N) is 1. The Bertz CT molecular complexity index is 562. The second-order valence-corrected chi connectivity index (χ2v) is 6.36. The third-order valence-corrected chi connectivity index (χ3v) is 4.89. The number of quaternary nitrogens is 1. The lowest BCUT2D eigenvalue weighted by Crippen LogP contribution is -3.17. The van der Waals surface area contributed by atoms with Crippen LogP contribution < -0.4 is 14.5 Å².